The highest BCUT2D eigenvalue weighted by Crippen LogP contribution is 2.32. The molecule has 2 amide bonds. The normalized spacial score (nSPS) is 32.0. The number of ether oxygens (including phenoxy) is 1. The summed E-state index contributed by atoms with van der Waals surface area (Å²) in [6, 6.07) is 0.497. The molecule has 0 radical (unpaired) electrons. The van der Waals surface area contributed by atoms with E-state index in [1.807, 2.05) is 4.90 Å². The topological polar surface area (TPSA) is 58.6 Å². The van der Waals surface area contributed by atoms with E-state index < -0.39 is 0 Å². The summed E-state index contributed by atoms with van der Waals surface area (Å²) in [5, 5.41) is 2.92. The Morgan fingerprint density at radius 1 is 1.39 bits per heavy atom. The van der Waals surface area contributed by atoms with Crippen molar-refractivity contribution in [2.24, 2.45) is 5.92 Å². The lowest BCUT2D eigenvalue weighted by Crippen LogP contribution is -2.37. The van der Waals surface area contributed by atoms with Crippen LogP contribution in [0.3, 0.4) is 0 Å². The second-order valence-electron chi connectivity index (χ2n) is 5.59. The Balaban J connectivity index is 1.43. The SMILES string of the molecule is O=C(NCC1CC(=O)N(C2CC2)C1)C1CCCO1. The maximum atomic E-state index is 11.8. The molecule has 1 saturated carbocycles. The first-order valence-corrected chi connectivity index (χ1v) is 6.93. The van der Waals surface area contributed by atoms with Crippen LogP contribution in [0.2, 0.25) is 0 Å². The van der Waals surface area contributed by atoms with Gasteiger partial charge < -0.3 is 15.0 Å². The molecule has 2 aliphatic heterocycles. The average Bonchev–Trinajstić information content (AvgIpc) is 2.91. The third-order valence-corrected chi connectivity index (χ3v) is 4.01. The van der Waals surface area contributed by atoms with E-state index in [1.54, 1.807) is 0 Å². The van der Waals surface area contributed by atoms with Crippen LogP contribution >= 0.6 is 0 Å². The number of amides is 2. The van der Waals surface area contributed by atoms with E-state index in [0.29, 0.717) is 25.6 Å². The second-order valence-corrected chi connectivity index (χ2v) is 5.59. The van der Waals surface area contributed by atoms with Crippen molar-refractivity contribution < 1.29 is 14.3 Å². The average molecular weight is 252 g/mol. The Bertz CT molecular complexity index is 348. The Labute approximate surface area is 107 Å². The summed E-state index contributed by atoms with van der Waals surface area (Å²) in [5.41, 5.74) is 0. The van der Waals surface area contributed by atoms with Gasteiger partial charge in [0.05, 0.1) is 0 Å². The summed E-state index contributed by atoms with van der Waals surface area (Å²) in [6.07, 6.45) is 4.42. The van der Waals surface area contributed by atoms with E-state index in [2.05, 4.69) is 5.32 Å². The predicted molar refractivity (Wildman–Crippen MR) is 64.8 cm³/mol. The molecule has 0 bridgehead atoms. The largest absolute Gasteiger partial charge is 0.368 e. The summed E-state index contributed by atoms with van der Waals surface area (Å²) in [4.78, 5) is 25.5. The first-order valence-electron chi connectivity index (χ1n) is 6.93. The Kier molecular flexibility index (Phi) is 3.24. The van der Waals surface area contributed by atoms with Crippen molar-refractivity contribution >= 4 is 11.8 Å². The lowest BCUT2D eigenvalue weighted by Gasteiger charge is -2.16. The zero-order chi connectivity index (χ0) is 12.5. The molecule has 0 spiro atoms. The van der Waals surface area contributed by atoms with Gasteiger partial charge in [-0.15, -0.1) is 0 Å². The van der Waals surface area contributed by atoms with Gasteiger partial charge in [-0.1, -0.05) is 0 Å². The zero-order valence-corrected chi connectivity index (χ0v) is 10.6. The molecule has 5 nitrogen and oxygen atoms in total. The van der Waals surface area contributed by atoms with Gasteiger partial charge >= 0.3 is 0 Å². The van der Waals surface area contributed by atoms with E-state index in [1.165, 1.54) is 0 Å². The van der Waals surface area contributed by atoms with Crippen LogP contribution in [0.25, 0.3) is 0 Å². The lowest BCUT2D eigenvalue weighted by molar-refractivity contribution is -0.130. The summed E-state index contributed by atoms with van der Waals surface area (Å²) in [5.74, 6) is 0.530. The van der Waals surface area contributed by atoms with Gasteiger partial charge in [0.25, 0.3) is 0 Å². The molecule has 2 atom stereocenters. The monoisotopic (exact) mass is 252 g/mol. The summed E-state index contributed by atoms with van der Waals surface area (Å²) in [7, 11) is 0. The molecule has 3 fully saturated rings. The van der Waals surface area contributed by atoms with Crippen LogP contribution in [0.4, 0.5) is 0 Å². The zero-order valence-electron chi connectivity index (χ0n) is 10.6. The Hall–Kier alpha value is -1.10. The van der Waals surface area contributed by atoms with Crippen molar-refractivity contribution in [3.63, 3.8) is 0 Å². The molecular weight excluding hydrogens is 232 g/mol. The highest BCUT2D eigenvalue weighted by molar-refractivity contribution is 5.82. The van der Waals surface area contributed by atoms with Crippen molar-refractivity contribution in [2.75, 3.05) is 19.7 Å². The van der Waals surface area contributed by atoms with Crippen molar-refractivity contribution in [1.82, 2.24) is 10.2 Å². The molecule has 18 heavy (non-hydrogen) atoms. The van der Waals surface area contributed by atoms with Gasteiger partial charge in [-0.05, 0) is 25.7 Å². The molecule has 0 aromatic carbocycles. The van der Waals surface area contributed by atoms with Crippen LogP contribution < -0.4 is 5.32 Å². The number of carbonyl (C=O) groups is 2. The molecule has 1 N–H and O–H groups in total. The Morgan fingerprint density at radius 3 is 2.89 bits per heavy atom. The van der Waals surface area contributed by atoms with Gasteiger partial charge in [0, 0.05) is 38.1 Å². The van der Waals surface area contributed by atoms with Crippen LogP contribution in [0.5, 0.6) is 0 Å². The lowest BCUT2D eigenvalue weighted by atomic mass is 10.1. The first kappa shape index (κ1) is 12.0. The van der Waals surface area contributed by atoms with Crippen LogP contribution in [0.1, 0.15) is 32.1 Å². The number of rotatable bonds is 4. The number of nitrogens with one attached hydrogen (secondary N) is 1. The minimum absolute atomic E-state index is 0.00943. The number of hydrogen-bond donors (Lipinski definition) is 1. The van der Waals surface area contributed by atoms with E-state index in [9.17, 15) is 9.59 Å². The molecule has 0 aromatic heterocycles. The van der Waals surface area contributed by atoms with Gasteiger partial charge in [0.2, 0.25) is 11.8 Å². The molecule has 100 valence electrons. The summed E-state index contributed by atoms with van der Waals surface area (Å²) in [6.45, 7) is 2.11. The highest BCUT2D eigenvalue weighted by atomic mass is 16.5. The minimum Gasteiger partial charge on any atom is -0.368 e. The number of hydrogen-bond acceptors (Lipinski definition) is 3. The van der Waals surface area contributed by atoms with E-state index >= 15 is 0 Å². The molecule has 2 unspecified atom stereocenters. The highest BCUT2D eigenvalue weighted by Gasteiger charge is 2.39. The second kappa shape index (κ2) is 4.88. The van der Waals surface area contributed by atoms with Crippen LogP contribution in [-0.4, -0.2) is 48.6 Å². The molecule has 2 heterocycles. The Morgan fingerprint density at radius 2 is 2.22 bits per heavy atom. The van der Waals surface area contributed by atoms with Crippen molar-refractivity contribution in [1.29, 1.82) is 0 Å². The molecular formula is C13H20N2O3. The van der Waals surface area contributed by atoms with Crippen molar-refractivity contribution in [2.45, 2.75) is 44.2 Å². The number of likely N-dealkylation sites (tertiary alicyclic amines) is 1. The molecule has 0 aromatic rings. The van der Waals surface area contributed by atoms with Gasteiger partial charge in [-0.3, -0.25) is 9.59 Å². The maximum absolute atomic E-state index is 11.8. The van der Waals surface area contributed by atoms with Crippen LogP contribution in [-0.2, 0) is 14.3 Å². The molecule has 5 heteroatoms. The minimum atomic E-state index is -0.262. The summed E-state index contributed by atoms with van der Waals surface area (Å²) >= 11 is 0. The van der Waals surface area contributed by atoms with E-state index in [0.717, 1.165) is 32.2 Å². The van der Waals surface area contributed by atoms with Gasteiger partial charge in [0.15, 0.2) is 0 Å². The molecule has 3 aliphatic rings. The first-order chi connectivity index (χ1) is 8.74. The summed E-state index contributed by atoms with van der Waals surface area (Å²) < 4.78 is 5.33. The van der Waals surface area contributed by atoms with E-state index in [-0.39, 0.29) is 23.8 Å². The fraction of sp³-hybridized carbons (Fsp3) is 0.846. The predicted octanol–water partition coefficient (Wildman–Crippen LogP) is 0.292. The van der Waals surface area contributed by atoms with Gasteiger partial charge in [0.1, 0.15) is 6.10 Å². The third kappa shape index (κ3) is 2.51. The molecule has 2 saturated heterocycles. The van der Waals surface area contributed by atoms with Gasteiger partial charge in [-0.2, -0.15) is 0 Å². The fourth-order valence-corrected chi connectivity index (χ4v) is 2.83. The quantitative estimate of drug-likeness (QED) is 0.782. The van der Waals surface area contributed by atoms with Crippen LogP contribution in [0.15, 0.2) is 0 Å². The van der Waals surface area contributed by atoms with Crippen molar-refractivity contribution in [3.8, 4) is 0 Å². The van der Waals surface area contributed by atoms with E-state index in [4.69, 9.17) is 4.74 Å². The standard InChI is InChI=1S/C13H20N2O3/c16-12-6-9(8-15(12)10-3-4-10)7-14-13(17)11-2-1-5-18-11/h9-11H,1-8H2,(H,14,17). The molecule has 3 rings (SSSR count). The number of nitrogens with zero attached hydrogens (tertiary/aromatic N) is 1. The maximum Gasteiger partial charge on any atom is 0.249 e. The smallest absolute Gasteiger partial charge is 0.249 e. The van der Waals surface area contributed by atoms with Crippen LogP contribution in [0, 0.1) is 5.92 Å². The fourth-order valence-electron chi connectivity index (χ4n) is 2.83. The van der Waals surface area contributed by atoms with Crippen molar-refractivity contribution in [3.05, 3.63) is 0 Å². The number of carbonyl (C=O) groups excluding carboxylic acids is 2. The third-order valence-electron chi connectivity index (χ3n) is 4.01. The van der Waals surface area contributed by atoms with Gasteiger partial charge in [-0.25, -0.2) is 0 Å². The molecule has 1 aliphatic carbocycles.